The Morgan fingerprint density at radius 1 is 0.941 bits per heavy atom. The third kappa shape index (κ3) is 1.77. The summed E-state index contributed by atoms with van der Waals surface area (Å²) < 4.78 is 1.16. The minimum Gasteiger partial charge on any atom is -0.378 e. The molecule has 2 heteroatoms. The lowest BCUT2D eigenvalue weighted by atomic mass is 10.1. The van der Waals surface area contributed by atoms with E-state index in [0.29, 0.717) is 0 Å². The molecule has 0 saturated carbocycles. The highest BCUT2D eigenvalue weighted by Gasteiger charge is 2.18. The van der Waals surface area contributed by atoms with Crippen LogP contribution < -0.4 is 4.90 Å². The summed E-state index contributed by atoms with van der Waals surface area (Å²) in [7, 11) is 4.17. The molecule has 0 aromatic heterocycles. The van der Waals surface area contributed by atoms with Gasteiger partial charge in [-0.05, 0) is 52.9 Å². The van der Waals surface area contributed by atoms with Crippen molar-refractivity contribution in [2.45, 2.75) is 6.42 Å². The minimum atomic E-state index is 1.05. The zero-order chi connectivity index (χ0) is 12.0. The molecule has 0 heterocycles. The van der Waals surface area contributed by atoms with Crippen LogP contribution in [0.1, 0.15) is 11.1 Å². The van der Waals surface area contributed by atoms with Crippen LogP contribution in [-0.4, -0.2) is 14.1 Å². The molecular formula is C15H14BrN. The Balaban J connectivity index is 2.12. The fraction of sp³-hybridized carbons (Fsp3) is 0.200. The van der Waals surface area contributed by atoms with Crippen molar-refractivity contribution in [1.29, 1.82) is 0 Å². The van der Waals surface area contributed by atoms with E-state index in [1.165, 1.54) is 27.9 Å². The van der Waals surface area contributed by atoms with Crippen molar-refractivity contribution >= 4 is 21.6 Å². The summed E-state index contributed by atoms with van der Waals surface area (Å²) in [5.74, 6) is 0. The normalized spacial score (nSPS) is 12.2. The van der Waals surface area contributed by atoms with Crippen molar-refractivity contribution in [3.63, 3.8) is 0 Å². The van der Waals surface area contributed by atoms with Gasteiger partial charge in [-0.2, -0.15) is 0 Å². The lowest BCUT2D eigenvalue weighted by Crippen LogP contribution is -2.08. The Morgan fingerprint density at radius 2 is 1.59 bits per heavy atom. The maximum Gasteiger partial charge on any atom is 0.0364 e. The van der Waals surface area contributed by atoms with Gasteiger partial charge in [0.2, 0.25) is 0 Å². The quantitative estimate of drug-likeness (QED) is 0.652. The Kier molecular flexibility index (Phi) is 2.48. The average Bonchev–Trinajstić information content (AvgIpc) is 2.64. The van der Waals surface area contributed by atoms with E-state index in [9.17, 15) is 0 Å². The van der Waals surface area contributed by atoms with Gasteiger partial charge >= 0.3 is 0 Å². The van der Waals surface area contributed by atoms with Crippen molar-refractivity contribution in [3.8, 4) is 11.1 Å². The maximum absolute atomic E-state index is 3.54. The molecule has 0 spiro atoms. The predicted octanol–water partition coefficient (Wildman–Crippen LogP) is 4.09. The number of anilines is 1. The van der Waals surface area contributed by atoms with Crippen molar-refractivity contribution < 1.29 is 0 Å². The lowest BCUT2D eigenvalue weighted by Gasteiger charge is -2.13. The van der Waals surface area contributed by atoms with Crippen LogP contribution in [0, 0.1) is 0 Å². The second-order valence-corrected chi connectivity index (χ2v) is 5.63. The smallest absolute Gasteiger partial charge is 0.0364 e. The van der Waals surface area contributed by atoms with E-state index in [1.807, 2.05) is 0 Å². The molecule has 86 valence electrons. The van der Waals surface area contributed by atoms with E-state index in [-0.39, 0.29) is 0 Å². The van der Waals surface area contributed by atoms with Crippen molar-refractivity contribution in [2.24, 2.45) is 0 Å². The van der Waals surface area contributed by atoms with Crippen LogP contribution in [0.5, 0.6) is 0 Å². The number of hydrogen-bond acceptors (Lipinski definition) is 1. The van der Waals surface area contributed by atoms with E-state index >= 15 is 0 Å². The molecule has 0 aliphatic heterocycles. The molecule has 1 aliphatic carbocycles. The van der Waals surface area contributed by atoms with Gasteiger partial charge < -0.3 is 4.90 Å². The zero-order valence-electron chi connectivity index (χ0n) is 10.00. The van der Waals surface area contributed by atoms with Gasteiger partial charge in [-0.3, -0.25) is 0 Å². The van der Waals surface area contributed by atoms with Crippen LogP contribution in [-0.2, 0) is 6.42 Å². The Bertz CT molecular complexity index is 587. The van der Waals surface area contributed by atoms with Crippen LogP contribution in [0.25, 0.3) is 11.1 Å². The molecule has 2 aromatic rings. The molecule has 2 aromatic carbocycles. The average molecular weight is 288 g/mol. The molecule has 0 bridgehead atoms. The molecule has 0 fully saturated rings. The van der Waals surface area contributed by atoms with Crippen LogP contribution in [0.15, 0.2) is 40.9 Å². The van der Waals surface area contributed by atoms with Crippen LogP contribution in [0.4, 0.5) is 5.69 Å². The Labute approximate surface area is 110 Å². The van der Waals surface area contributed by atoms with Crippen molar-refractivity contribution in [1.82, 2.24) is 0 Å². The fourth-order valence-electron chi connectivity index (χ4n) is 2.44. The molecule has 0 unspecified atom stereocenters. The molecule has 1 aliphatic rings. The standard InChI is InChI=1S/C15H14BrN/c1-17(2)13-4-6-15-11(9-13)7-10-8-12(16)3-5-14(10)15/h3-6,8-9H,7H2,1-2H3. The fourth-order valence-corrected chi connectivity index (χ4v) is 2.85. The number of halogens is 1. The first-order valence-corrected chi connectivity index (χ1v) is 6.53. The number of rotatable bonds is 1. The molecular weight excluding hydrogens is 274 g/mol. The zero-order valence-corrected chi connectivity index (χ0v) is 11.6. The summed E-state index contributed by atoms with van der Waals surface area (Å²) in [6.07, 6.45) is 1.05. The van der Waals surface area contributed by atoms with Gasteiger partial charge in [-0.25, -0.2) is 0 Å². The SMILES string of the molecule is CN(C)c1ccc2c(c1)Cc1cc(Br)ccc1-2. The van der Waals surface area contributed by atoms with Gasteiger partial charge in [-0.1, -0.05) is 28.1 Å². The Hall–Kier alpha value is -1.28. The Morgan fingerprint density at radius 3 is 2.29 bits per heavy atom. The van der Waals surface area contributed by atoms with E-state index < -0.39 is 0 Å². The molecule has 17 heavy (non-hydrogen) atoms. The highest BCUT2D eigenvalue weighted by molar-refractivity contribution is 9.10. The molecule has 3 rings (SSSR count). The summed E-state index contributed by atoms with van der Waals surface area (Å²) in [5.41, 5.74) is 6.90. The van der Waals surface area contributed by atoms with E-state index in [0.717, 1.165) is 10.9 Å². The summed E-state index contributed by atoms with van der Waals surface area (Å²) in [5, 5.41) is 0. The number of nitrogens with zero attached hydrogens (tertiary/aromatic N) is 1. The molecule has 0 amide bonds. The van der Waals surface area contributed by atoms with Crippen LogP contribution in [0.3, 0.4) is 0 Å². The topological polar surface area (TPSA) is 3.24 Å². The number of hydrogen-bond donors (Lipinski definition) is 0. The predicted molar refractivity (Wildman–Crippen MR) is 76.7 cm³/mol. The first kappa shape index (κ1) is 10.8. The van der Waals surface area contributed by atoms with Crippen molar-refractivity contribution in [3.05, 3.63) is 52.0 Å². The largest absolute Gasteiger partial charge is 0.378 e. The van der Waals surface area contributed by atoms with E-state index in [2.05, 4.69) is 71.3 Å². The molecule has 1 nitrogen and oxygen atoms in total. The third-order valence-corrected chi connectivity index (χ3v) is 3.84. The number of benzene rings is 2. The monoisotopic (exact) mass is 287 g/mol. The molecule has 0 saturated heterocycles. The summed E-state index contributed by atoms with van der Waals surface area (Å²) in [6, 6.07) is 13.3. The highest BCUT2D eigenvalue weighted by atomic mass is 79.9. The van der Waals surface area contributed by atoms with Gasteiger partial charge in [0, 0.05) is 24.3 Å². The minimum absolute atomic E-state index is 1.05. The van der Waals surface area contributed by atoms with Crippen LogP contribution >= 0.6 is 15.9 Å². The van der Waals surface area contributed by atoms with Gasteiger partial charge in [0.25, 0.3) is 0 Å². The first-order valence-electron chi connectivity index (χ1n) is 5.74. The third-order valence-electron chi connectivity index (χ3n) is 3.34. The highest BCUT2D eigenvalue weighted by Crippen LogP contribution is 2.39. The van der Waals surface area contributed by atoms with E-state index in [4.69, 9.17) is 0 Å². The maximum atomic E-state index is 3.54. The molecule has 0 atom stereocenters. The lowest BCUT2D eigenvalue weighted by molar-refractivity contribution is 1.12. The first-order chi connectivity index (χ1) is 8.15. The second-order valence-electron chi connectivity index (χ2n) is 4.71. The summed E-state index contributed by atoms with van der Waals surface area (Å²) >= 11 is 3.54. The molecule has 0 radical (unpaired) electrons. The van der Waals surface area contributed by atoms with Gasteiger partial charge in [-0.15, -0.1) is 0 Å². The summed E-state index contributed by atoms with van der Waals surface area (Å²) in [4.78, 5) is 2.15. The van der Waals surface area contributed by atoms with Crippen molar-refractivity contribution in [2.75, 3.05) is 19.0 Å². The van der Waals surface area contributed by atoms with Crippen LogP contribution in [0.2, 0.25) is 0 Å². The molecule has 0 N–H and O–H groups in total. The number of fused-ring (bicyclic) bond motifs is 3. The van der Waals surface area contributed by atoms with Gasteiger partial charge in [0.15, 0.2) is 0 Å². The van der Waals surface area contributed by atoms with E-state index in [1.54, 1.807) is 0 Å². The van der Waals surface area contributed by atoms with Gasteiger partial charge in [0.1, 0.15) is 0 Å². The van der Waals surface area contributed by atoms with Gasteiger partial charge in [0.05, 0.1) is 0 Å². The second kappa shape index (κ2) is 3.88. The summed E-state index contributed by atoms with van der Waals surface area (Å²) in [6.45, 7) is 0.